The van der Waals surface area contributed by atoms with E-state index >= 15 is 0 Å². The molecular formula is C17H16N2O6. The molecule has 0 aliphatic carbocycles. The fourth-order valence-corrected chi connectivity index (χ4v) is 2.56. The highest BCUT2D eigenvalue weighted by atomic mass is 16.6. The number of ether oxygens (including phenoxy) is 3. The Morgan fingerprint density at radius 1 is 1.28 bits per heavy atom. The molecule has 0 saturated heterocycles. The van der Waals surface area contributed by atoms with Gasteiger partial charge in [-0.2, -0.15) is 0 Å². The minimum atomic E-state index is -0.488. The highest BCUT2D eigenvalue weighted by molar-refractivity contribution is 6.05. The Bertz CT molecular complexity index is 832. The number of nitrogens with one attached hydrogen (secondary N) is 1. The number of rotatable bonds is 4. The number of carbonyl (C=O) groups is 1. The molecule has 1 aliphatic rings. The zero-order valence-electron chi connectivity index (χ0n) is 13.7. The van der Waals surface area contributed by atoms with Crippen LogP contribution in [0.5, 0.6) is 17.2 Å². The number of fused-ring (bicyclic) bond motifs is 1. The van der Waals surface area contributed by atoms with Crippen LogP contribution in [-0.2, 0) is 0 Å². The van der Waals surface area contributed by atoms with Gasteiger partial charge in [0.1, 0.15) is 13.2 Å². The van der Waals surface area contributed by atoms with Crippen molar-refractivity contribution in [2.45, 2.75) is 6.92 Å². The van der Waals surface area contributed by atoms with Crippen LogP contribution in [0.15, 0.2) is 30.3 Å². The van der Waals surface area contributed by atoms with Gasteiger partial charge in [0, 0.05) is 11.6 Å². The topological polar surface area (TPSA) is 99.9 Å². The molecule has 1 aliphatic heterocycles. The van der Waals surface area contributed by atoms with Gasteiger partial charge >= 0.3 is 0 Å². The van der Waals surface area contributed by atoms with Gasteiger partial charge in [-0.25, -0.2) is 0 Å². The first-order valence-corrected chi connectivity index (χ1v) is 7.54. The second-order valence-electron chi connectivity index (χ2n) is 5.36. The molecule has 0 saturated carbocycles. The molecule has 0 unspecified atom stereocenters. The summed E-state index contributed by atoms with van der Waals surface area (Å²) in [4.78, 5) is 23.1. The summed E-state index contributed by atoms with van der Waals surface area (Å²) in [5.74, 6) is 0.834. The van der Waals surface area contributed by atoms with Gasteiger partial charge < -0.3 is 19.5 Å². The summed E-state index contributed by atoms with van der Waals surface area (Å²) in [6.45, 7) is 2.37. The van der Waals surface area contributed by atoms with Gasteiger partial charge in [0.25, 0.3) is 11.6 Å². The Hall–Kier alpha value is -3.29. The van der Waals surface area contributed by atoms with E-state index in [2.05, 4.69) is 5.32 Å². The van der Waals surface area contributed by atoms with Crippen molar-refractivity contribution in [1.82, 2.24) is 0 Å². The molecule has 0 atom stereocenters. The highest BCUT2D eigenvalue weighted by Crippen LogP contribution is 2.40. The van der Waals surface area contributed by atoms with Gasteiger partial charge in [0.05, 0.1) is 23.3 Å². The lowest BCUT2D eigenvalue weighted by atomic mass is 10.1. The van der Waals surface area contributed by atoms with Gasteiger partial charge in [-0.05, 0) is 25.1 Å². The number of hydrogen-bond donors (Lipinski definition) is 1. The van der Waals surface area contributed by atoms with E-state index < -0.39 is 10.8 Å². The van der Waals surface area contributed by atoms with Gasteiger partial charge in [0.2, 0.25) is 5.75 Å². The fourth-order valence-electron chi connectivity index (χ4n) is 2.56. The van der Waals surface area contributed by atoms with E-state index in [1.54, 1.807) is 19.1 Å². The van der Waals surface area contributed by atoms with Gasteiger partial charge in [0.15, 0.2) is 11.5 Å². The Kier molecular flexibility index (Phi) is 4.42. The molecule has 8 heteroatoms. The smallest absolute Gasteiger partial charge is 0.274 e. The zero-order valence-corrected chi connectivity index (χ0v) is 13.7. The van der Waals surface area contributed by atoms with E-state index in [4.69, 9.17) is 14.2 Å². The SMILES string of the molecule is COc1cc(C(=O)Nc2cccc([N+](=O)[O-])c2C)cc2c1OCCO2. The minimum Gasteiger partial charge on any atom is -0.493 e. The largest absolute Gasteiger partial charge is 0.493 e. The Morgan fingerprint density at radius 3 is 2.76 bits per heavy atom. The first-order valence-electron chi connectivity index (χ1n) is 7.54. The molecule has 0 bridgehead atoms. The summed E-state index contributed by atoms with van der Waals surface area (Å²) < 4.78 is 16.3. The summed E-state index contributed by atoms with van der Waals surface area (Å²) in [6, 6.07) is 7.60. The molecule has 0 fully saturated rings. The van der Waals surface area contributed by atoms with Crippen molar-refractivity contribution in [3.63, 3.8) is 0 Å². The molecule has 8 nitrogen and oxygen atoms in total. The second-order valence-corrected chi connectivity index (χ2v) is 5.36. The lowest BCUT2D eigenvalue weighted by molar-refractivity contribution is -0.385. The summed E-state index contributed by atoms with van der Waals surface area (Å²) in [6.07, 6.45) is 0. The molecule has 1 heterocycles. The van der Waals surface area contributed by atoms with E-state index in [0.717, 1.165) is 0 Å². The van der Waals surface area contributed by atoms with Crippen LogP contribution in [0.1, 0.15) is 15.9 Å². The average Bonchev–Trinajstić information content (AvgIpc) is 2.62. The third kappa shape index (κ3) is 3.18. The number of nitrogens with zero attached hydrogens (tertiary/aromatic N) is 1. The Morgan fingerprint density at radius 2 is 2.04 bits per heavy atom. The zero-order chi connectivity index (χ0) is 18.0. The first kappa shape index (κ1) is 16.6. The van der Waals surface area contributed by atoms with E-state index in [1.165, 1.54) is 25.3 Å². The van der Waals surface area contributed by atoms with Crippen LogP contribution in [0.3, 0.4) is 0 Å². The summed E-state index contributed by atoms with van der Waals surface area (Å²) in [7, 11) is 1.47. The summed E-state index contributed by atoms with van der Waals surface area (Å²) in [5, 5.41) is 13.7. The second kappa shape index (κ2) is 6.68. The van der Waals surface area contributed by atoms with Crippen LogP contribution in [-0.4, -0.2) is 31.2 Å². The lowest BCUT2D eigenvalue weighted by Crippen LogP contribution is -2.18. The molecule has 2 aromatic carbocycles. The van der Waals surface area contributed by atoms with Crippen molar-refractivity contribution in [3.05, 3.63) is 51.6 Å². The molecule has 25 heavy (non-hydrogen) atoms. The van der Waals surface area contributed by atoms with E-state index in [-0.39, 0.29) is 5.69 Å². The van der Waals surface area contributed by atoms with Gasteiger partial charge in [-0.1, -0.05) is 6.07 Å². The molecule has 0 aromatic heterocycles. The van der Waals surface area contributed by atoms with Crippen LogP contribution in [0.25, 0.3) is 0 Å². The normalized spacial score (nSPS) is 12.4. The quantitative estimate of drug-likeness (QED) is 0.676. The Balaban J connectivity index is 1.92. The molecule has 0 spiro atoms. The maximum absolute atomic E-state index is 12.6. The van der Waals surface area contributed by atoms with E-state index in [0.29, 0.717) is 47.3 Å². The van der Waals surface area contributed by atoms with Crippen LogP contribution in [0.4, 0.5) is 11.4 Å². The molecule has 3 rings (SSSR count). The fraction of sp³-hybridized carbons (Fsp3) is 0.235. The first-order chi connectivity index (χ1) is 12.0. The van der Waals surface area contributed by atoms with Crippen molar-refractivity contribution < 1.29 is 23.9 Å². The third-order valence-electron chi connectivity index (χ3n) is 3.84. The number of benzene rings is 2. The molecule has 2 aromatic rings. The summed E-state index contributed by atoms with van der Waals surface area (Å²) in [5.41, 5.74) is 0.989. The molecular weight excluding hydrogens is 328 g/mol. The van der Waals surface area contributed by atoms with Gasteiger partial charge in [-0.15, -0.1) is 0 Å². The molecule has 0 radical (unpaired) electrons. The van der Waals surface area contributed by atoms with Crippen molar-refractivity contribution in [2.24, 2.45) is 0 Å². The van der Waals surface area contributed by atoms with Crippen molar-refractivity contribution >= 4 is 17.3 Å². The number of methoxy groups -OCH3 is 1. The Labute approximate surface area is 143 Å². The average molecular weight is 344 g/mol. The van der Waals surface area contributed by atoms with Gasteiger partial charge in [-0.3, -0.25) is 14.9 Å². The van der Waals surface area contributed by atoms with Crippen LogP contribution in [0.2, 0.25) is 0 Å². The number of nitro benzene ring substituents is 1. The monoisotopic (exact) mass is 344 g/mol. The van der Waals surface area contributed by atoms with Crippen LogP contribution >= 0.6 is 0 Å². The number of hydrogen-bond acceptors (Lipinski definition) is 6. The summed E-state index contributed by atoms with van der Waals surface area (Å²) >= 11 is 0. The molecule has 1 N–H and O–H groups in total. The van der Waals surface area contributed by atoms with Crippen LogP contribution < -0.4 is 19.5 Å². The van der Waals surface area contributed by atoms with Crippen molar-refractivity contribution in [1.29, 1.82) is 0 Å². The maximum Gasteiger partial charge on any atom is 0.274 e. The molecule has 1 amide bonds. The van der Waals surface area contributed by atoms with Crippen LogP contribution in [0, 0.1) is 17.0 Å². The minimum absolute atomic E-state index is 0.0578. The predicted octanol–water partition coefficient (Wildman–Crippen LogP) is 2.94. The maximum atomic E-state index is 12.6. The molecule has 130 valence electrons. The number of nitro groups is 1. The van der Waals surface area contributed by atoms with Crippen molar-refractivity contribution in [2.75, 3.05) is 25.6 Å². The lowest BCUT2D eigenvalue weighted by Gasteiger charge is -2.21. The number of anilines is 1. The van der Waals surface area contributed by atoms with E-state index in [9.17, 15) is 14.9 Å². The van der Waals surface area contributed by atoms with Crippen molar-refractivity contribution in [3.8, 4) is 17.2 Å². The highest BCUT2D eigenvalue weighted by Gasteiger charge is 2.22. The number of amides is 1. The standard InChI is InChI=1S/C17H16N2O6/c1-10-12(4-3-5-13(10)19(21)22)18-17(20)11-8-14(23-2)16-15(9-11)24-6-7-25-16/h3-5,8-9H,6-7H2,1-2H3,(H,18,20). The van der Waals surface area contributed by atoms with E-state index in [1.807, 2.05) is 0 Å². The number of carbonyl (C=O) groups excluding carboxylic acids is 1. The predicted molar refractivity (Wildman–Crippen MR) is 89.8 cm³/mol. The third-order valence-corrected chi connectivity index (χ3v) is 3.84.